The van der Waals surface area contributed by atoms with Crippen LogP contribution in [0.15, 0.2) is 5.38 Å². The Balaban J connectivity index is 1.83. The van der Waals surface area contributed by atoms with Gasteiger partial charge in [0.15, 0.2) is 5.69 Å². The van der Waals surface area contributed by atoms with Gasteiger partial charge in [-0.2, -0.15) is 0 Å². The van der Waals surface area contributed by atoms with Crippen LogP contribution in [0.5, 0.6) is 0 Å². The lowest BCUT2D eigenvalue weighted by atomic mass is 10.4. The second-order valence-electron chi connectivity index (χ2n) is 3.82. The van der Waals surface area contributed by atoms with Gasteiger partial charge in [-0.05, 0) is 25.2 Å². The van der Waals surface area contributed by atoms with Gasteiger partial charge < -0.3 is 4.74 Å². The molecule has 1 aromatic heterocycles. The smallest absolute Gasteiger partial charge is 0.357 e. The molecule has 0 spiro atoms. The van der Waals surface area contributed by atoms with Crippen LogP contribution in [0, 0.1) is 18.8 Å². The van der Waals surface area contributed by atoms with Crippen LogP contribution in [0.1, 0.15) is 28.8 Å². The zero-order chi connectivity index (χ0) is 10.1. The summed E-state index contributed by atoms with van der Waals surface area (Å²) in [6, 6.07) is 0. The molecule has 14 heavy (non-hydrogen) atoms. The number of carbonyl (C=O) groups is 1. The van der Waals surface area contributed by atoms with Gasteiger partial charge in [0.05, 0.1) is 11.6 Å². The van der Waals surface area contributed by atoms with Crippen LogP contribution in [-0.2, 0) is 4.74 Å². The van der Waals surface area contributed by atoms with E-state index in [1.165, 1.54) is 17.8 Å². The highest BCUT2D eigenvalue weighted by Crippen LogP contribution is 2.37. The van der Waals surface area contributed by atoms with Gasteiger partial charge in [-0.25, -0.2) is 9.78 Å². The van der Waals surface area contributed by atoms with Gasteiger partial charge in [-0.3, -0.25) is 0 Å². The summed E-state index contributed by atoms with van der Waals surface area (Å²) in [7, 11) is 0. The molecule has 4 heteroatoms. The topological polar surface area (TPSA) is 39.2 Å². The molecule has 1 saturated carbocycles. The van der Waals surface area contributed by atoms with Crippen LogP contribution in [0.25, 0.3) is 0 Å². The van der Waals surface area contributed by atoms with Gasteiger partial charge in [0.25, 0.3) is 0 Å². The molecule has 3 nitrogen and oxygen atoms in total. The van der Waals surface area contributed by atoms with Gasteiger partial charge in [0.1, 0.15) is 0 Å². The summed E-state index contributed by atoms with van der Waals surface area (Å²) < 4.78 is 5.14. The van der Waals surface area contributed by atoms with Crippen molar-refractivity contribution in [3.8, 4) is 0 Å². The Morgan fingerprint density at radius 2 is 2.50 bits per heavy atom. The molecule has 0 amide bonds. The molecule has 0 N–H and O–H groups in total. The van der Waals surface area contributed by atoms with Gasteiger partial charge in [-0.1, -0.05) is 6.92 Å². The minimum absolute atomic E-state index is 0.284. The van der Waals surface area contributed by atoms with Crippen molar-refractivity contribution in [2.24, 2.45) is 11.8 Å². The Labute approximate surface area is 87.1 Å². The molecule has 0 radical (unpaired) electrons. The number of carbonyl (C=O) groups excluding carboxylic acids is 1. The van der Waals surface area contributed by atoms with E-state index in [4.69, 9.17) is 4.74 Å². The van der Waals surface area contributed by atoms with E-state index in [1.807, 2.05) is 6.92 Å². The molecule has 1 aliphatic carbocycles. The first-order valence-corrected chi connectivity index (χ1v) is 5.64. The Kier molecular flexibility index (Phi) is 2.54. The number of aromatic nitrogens is 1. The molecule has 0 aromatic carbocycles. The highest BCUT2D eigenvalue weighted by molar-refractivity contribution is 7.09. The van der Waals surface area contributed by atoms with E-state index in [0.29, 0.717) is 18.2 Å². The van der Waals surface area contributed by atoms with Crippen molar-refractivity contribution >= 4 is 17.3 Å². The van der Waals surface area contributed by atoms with Crippen molar-refractivity contribution in [3.63, 3.8) is 0 Å². The van der Waals surface area contributed by atoms with Crippen LogP contribution < -0.4 is 0 Å². The summed E-state index contributed by atoms with van der Waals surface area (Å²) in [5.41, 5.74) is 0.445. The van der Waals surface area contributed by atoms with Crippen LogP contribution in [-0.4, -0.2) is 17.6 Å². The number of ether oxygens (including phenoxy) is 1. The maximum atomic E-state index is 11.4. The molecule has 2 rings (SSSR count). The predicted molar refractivity (Wildman–Crippen MR) is 54.4 cm³/mol. The van der Waals surface area contributed by atoms with Crippen molar-refractivity contribution in [2.45, 2.75) is 20.3 Å². The molecule has 1 fully saturated rings. The molecule has 0 saturated heterocycles. The van der Waals surface area contributed by atoms with Crippen molar-refractivity contribution in [1.82, 2.24) is 4.98 Å². The predicted octanol–water partition coefficient (Wildman–Crippen LogP) is 2.26. The molecule has 1 heterocycles. The SMILES string of the molecule is Cc1nc(C(=O)OC[C@@H]2C[C@H]2C)cs1. The third-order valence-corrected chi connectivity index (χ3v) is 3.31. The summed E-state index contributed by atoms with van der Waals surface area (Å²) in [5, 5.41) is 2.64. The Bertz CT molecular complexity index is 348. The second-order valence-corrected chi connectivity index (χ2v) is 4.89. The number of hydrogen-bond acceptors (Lipinski definition) is 4. The summed E-state index contributed by atoms with van der Waals surface area (Å²) in [6.07, 6.45) is 1.18. The highest BCUT2D eigenvalue weighted by Gasteiger charge is 2.33. The third-order valence-electron chi connectivity index (χ3n) is 2.53. The number of hydrogen-bond donors (Lipinski definition) is 0. The van der Waals surface area contributed by atoms with E-state index in [9.17, 15) is 4.79 Å². The van der Waals surface area contributed by atoms with Crippen molar-refractivity contribution in [1.29, 1.82) is 0 Å². The molecule has 0 aliphatic heterocycles. The lowest BCUT2D eigenvalue weighted by molar-refractivity contribution is 0.0475. The quantitative estimate of drug-likeness (QED) is 0.720. The van der Waals surface area contributed by atoms with E-state index in [2.05, 4.69) is 11.9 Å². The Hall–Kier alpha value is -0.900. The fourth-order valence-corrected chi connectivity index (χ4v) is 1.93. The molecule has 2 atom stereocenters. The number of nitrogens with zero attached hydrogens (tertiary/aromatic N) is 1. The Morgan fingerprint density at radius 1 is 1.79 bits per heavy atom. The average molecular weight is 211 g/mol. The maximum absolute atomic E-state index is 11.4. The first kappa shape index (κ1) is 9.65. The Morgan fingerprint density at radius 3 is 3.00 bits per heavy atom. The number of aryl methyl sites for hydroxylation is 1. The molecule has 76 valence electrons. The molecule has 0 unspecified atom stereocenters. The van der Waals surface area contributed by atoms with Crippen LogP contribution in [0.2, 0.25) is 0 Å². The van der Waals surface area contributed by atoms with Gasteiger partial charge in [-0.15, -0.1) is 11.3 Å². The van der Waals surface area contributed by atoms with E-state index >= 15 is 0 Å². The van der Waals surface area contributed by atoms with Gasteiger partial charge in [0, 0.05) is 5.38 Å². The normalized spacial score (nSPS) is 24.7. The molecule has 1 aliphatic rings. The van der Waals surface area contributed by atoms with Crippen molar-refractivity contribution in [3.05, 3.63) is 16.1 Å². The summed E-state index contributed by atoms with van der Waals surface area (Å²) >= 11 is 1.47. The van der Waals surface area contributed by atoms with E-state index in [-0.39, 0.29) is 5.97 Å². The molecular weight excluding hydrogens is 198 g/mol. The van der Waals surface area contributed by atoms with Crippen molar-refractivity contribution in [2.75, 3.05) is 6.61 Å². The number of thiazole rings is 1. The van der Waals surface area contributed by atoms with E-state index in [1.54, 1.807) is 5.38 Å². The minimum atomic E-state index is -0.284. The maximum Gasteiger partial charge on any atom is 0.357 e. The van der Waals surface area contributed by atoms with Crippen molar-refractivity contribution < 1.29 is 9.53 Å². The number of rotatable bonds is 3. The summed E-state index contributed by atoms with van der Waals surface area (Å²) in [6.45, 7) is 4.60. The van der Waals surface area contributed by atoms with E-state index in [0.717, 1.165) is 10.9 Å². The summed E-state index contributed by atoms with van der Waals surface area (Å²) in [5.74, 6) is 1.02. The molecule has 0 bridgehead atoms. The zero-order valence-electron chi connectivity index (χ0n) is 8.32. The van der Waals surface area contributed by atoms with Gasteiger partial charge in [0.2, 0.25) is 0 Å². The lowest BCUT2D eigenvalue weighted by Crippen LogP contribution is -2.08. The number of esters is 1. The summed E-state index contributed by atoms with van der Waals surface area (Å²) in [4.78, 5) is 15.5. The van der Waals surface area contributed by atoms with Crippen LogP contribution in [0.3, 0.4) is 0 Å². The lowest BCUT2D eigenvalue weighted by Gasteiger charge is -2.00. The molecule has 1 aromatic rings. The molecular formula is C10H13NO2S. The zero-order valence-corrected chi connectivity index (χ0v) is 9.13. The largest absolute Gasteiger partial charge is 0.461 e. The second kappa shape index (κ2) is 3.69. The van der Waals surface area contributed by atoms with Crippen LogP contribution in [0.4, 0.5) is 0 Å². The highest BCUT2D eigenvalue weighted by atomic mass is 32.1. The average Bonchev–Trinajstić information content (AvgIpc) is 2.66. The standard InChI is InChI=1S/C10H13NO2S/c1-6-3-8(6)4-13-10(12)9-5-14-7(2)11-9/h5-6,8H,3-4H2,1-2H3/t6-,8+/m1/s1. The van der Waals surface area contributed by atoms with Crippen LogP contribution >= 0.6 is 11.3 Å². The third kappa shape index (κ3) is 2.12. The monoisotopic (exact) mass is 211 g/mol. The fraction of sp³-hybridized carbons (Fsp3) is 0.600. The van der Waals surface area contributed by atoms with Gasteiger partial charge >= 0.3 is 5.97 Å². The first-order valence-electron chi connectivity index (χ1n) is 4.76. The minimum Gasteiger partial charge on any atom is -0.461 e. The fourth-order valence-electron chi connectivity index (χ4n) is 1.35. The van der Waals surface area contributed by atoms with E-state index < -0.39 is 0 Å². The first-order chi connectivity index (χ1) is 6.66.